The lowest BCUT2D eigenvalue weighted by atomic mass is 9.60. The summed E-state index contributed by atoms with van der Waals surface area (Å²) in [5, 5.41) is 4.36. The first-order valence-corrected chi connectivity index (χ1v) is 8.67. The molecule has 2 saturated carbocycles. The maximum atomic E-state index is 6.05. The minimum absolute atomic E-state index is 0.314. The molecular formula is C17H25N5O. The summed E-state index contributed by atoms with van der Waals surface area (Å²) in [6, 6.07) is 2.62. The van der Waals surface area contributed by atoms with E-state index in [2.05, 4.69) is 40.0 Å². The van der Waals surface area contributed by atoms with Gasteiger partial charge in [-0.15, -0.1) is 0 Å². The molecule has 2 aliphatic carbocycles. The molecule has 23 heavy (non-hydrogen) atoms. The first-order valence-electron chi connectivity index (χ1n) is 8.67. The van der Waals surface area contributed by atoms with Crippen LogP contribution in [-0.2, 0) is 4.74 Å². The van der Waals surface area contributed by atoms with Crippen LogP contribution in [-0.4, -0.2) is 45.4 Å². The highest BCUT2D eigenvalue weighted by Crippen LogP contribution is 2.56. The van der Waals surface area contributed by atoms with Crippen LogP contribution in [0.25, 0.3) is 5.78 Å². The van der Waals surface area contributed by atoms with Crippen LogP contribution < -0.4 is 4.90 Å². The van der Waals surface area contributed by atoms with Crippen LogP contribution in [0, 0.1) is 12.3 Å². The zero-order valence-corrected chi connectivity index (χ0v) is 14.2. The quantitative estimate of drug-likeness (QED) is 0.868. The summed E-state index contributed by atoms with van der Waals surface area (Å²) < 4.78 is 7.91. The van der Waals surface area contributed by atoms with Crippen molar-refractivity contribution in [2.45, 2.75) is 58.1 Å². The zero-order valence-electron chi connectivity index (χ0n) is 14.2. The van der Waals surface area contributed by atoms with E-state index in [0.29, 0.717) is 23.3 Å². The van der Waals surface area contributed by atoms with E-state index in [-0.39, 0.29) is 0 Å². The van der Waals surface area contributed by atoms with E-state index in [1.165, 1.54) is 25.7 Å². The van der Waals surface area contributed by atoms with Crippen molar-refractivity contribution < 1.29 is 4.74 Å². The Hall–Kier alpha value is -1.69. The largest absolute Gasteiger partial charge is 0.378 e. The molecule has 4 rings (SSSR count). The van der Waals surface area contributed by atoms with Gasteiger partial charge in [0.05, 0.1) is 6.10 Å². The SMILES string of the molecule is CCOC1CC(N(C)c2cc(C)nc3ncnn23)C12CCCC2. The molecule has 0 N–H and O–H groups in total. The second kappa shape index (κ2) is 5.44. The van der Waals surface area contributed by atoms with E-state index in [1.54, 1.807) is 6.33 Å². The van der Waals surface area contributed by atoms with E-state index in [4.69, 9.17) is 4.74 Å². The van der Waals surface area contributed by atoms with Crippen molar-refractivity contribution in [3.8, 4) is 0 Å². The highest BCUT2D eigenvalue weighted by molar-refractivity contribution is 5.48. The van der Waals surface area contributed by atoms with Crippen LogP contribution in [0.3, 0.4) is 0 Å². The maximum absolute atomic E-state index is 6.05. The summed E-state index contributed by atoms with van der Waals surface area (Å²) in [5.74, 6) is 1.75. The lowest BCUT2D eigenvalue weighted by Crippen LogP contribution is -2.63. The molecule has 2 aromatic rings. The lowest BCUT2D eigenvalue weighted by Gasteiger charge is -2.57. The third-order valence-corrected chi connectivity index (χ3v) is 5.83. The monoisotopic (exact) mass is 315 g/mol. The molecule has 0 aromatic carbocycles. The van der Waals surface area contributed by atoms with Crippen LogP contribution >= 0.6 is 0 Å². The van der Waals surface area contributed by atoms with E-state index in [9.17, 15) is 0 Å². The molecule has 2 fully saturated rings. The van der Waals surface area contributed by atoms with Gasteiger partial charge >= 0.3 is 0 Å². The molecule has 2 aromatic heterocycles. The molecule has 0 radical (unpaired) electrons. The number of aromatic nitrogens is 4. The minimum Gasteiger partial charge on any atom is -0.378 e. The van der Waals surface area contributed by atoms with Gasteiger partial charge in [-0.2, -0.15) is 14.6 Å². The molecule has 0 amide bonds. The summed E-state index contributed by atoms with van der Waals surface area (Å²) in [6.45, 7) is 4.93. The van der Waals surface area contributed by atoms with Gasteiger partial charge in [0, 0.05) is 36.9 Å². The molecule has 0 saturated heterocycles. The van der Waals surface area contributed by atoms with E-state index in [0.717, 1.165) is 24.5 Å². The Bertz CT molecular complexity index is 706. The van der Waals surface area contributed by atoms with Crippen molar-refractivity contribution in [2.75, 3.05) is 18.6 Å². The van der Waals surface area contributed by atoms with Crippen LogP contribution in [0.5, 0.6) is 0 Å². The Labute approximate surface area is 136 Å². The Morgan fingerprint density at radius 1 is 1.39 bits per heavy atom. The number of ether oxygens (including phenoxy) is 1. The number of nitrogens with zero attached hydrogens (tertiary/aromatic N) is 5. The second-order valence-corrected chi connectivity index (χ2v) is 6.97. The molecule has 6 nitrogen and oxygen atoms in total. The Morgan fingerprint density at radius 2 is 2.17 bits per heavy atom. The number of hydrogen-bond donors (Lipinski definition) is 0. The second-order valence-electron chi connectivity index (χ2n) is 6.97. The van der Waals surface area contributed by atoms with Crippen LogP contribution in [0.2, 0.25) is 0 Å². The third kappa shape index (κ3) is 2.15. The molecule has 2 unspecified atom stereocenters. The molecular weight excluding hydrogens is 290 g/mol. The summed E-state index contributed by atoms with van der Waals surface area (Å²) in [6.07, 6.45) is 8.28. The molecule has 0 bridgehead atoms. The van der Waals surface area contributed by atoms with Gasteiger partial charge in [0.15, 0.2) is 0 Å². The van der Waals surface area contributed by atoms with Crippen molar-refractivity contribution >= 4 is 11.6 Å². The third-order valence-electron chi connectivity index (χ3n) is 5.83. The van der Waals surface area contributed by atoms with Crippen LogP contribution in [0.1, 0.15) is 44.7 Å². The van der Waals surface area contributed by atoms with Gasteiger partial charge in [-0.25, -0.2) is 4.98 Å². The fraction of sp³-hybridized carbons (Fsp3) is 0.706. The Kier molecular flexibility index (Phi) is 3.52. The fourth-order valence-electron chi connectivity index (χ4n) is 4.72. The summed E-state index contributed by atoms with van der Waals surface area (Å²) in [7, 11) is 2.18. The van der Waals surface area contributed by atoms with Crippen molar-refractivity contribution in [1.29, 1.82) is 0 Å². The average molecular weight is 315 g/mol. The van der Waals surface area contributed by atoms with Gasteiger partial charge in [0.1, 0.15) is 12.1 Å². The first-order chi connectivity index (χ1) is 11.2. The van der Waals surface area contributed by atoms with Gasteiger partial charge in [0.2, 0.25) is 0 Å². The predicted octanol–water partition coefficient (Wildman–Crippen LogP) is 2.61. The molecule has 1 spiro atoms. The lowest BCUT2D eigenvalue weighted by molar-refractivity contribution is -0.121. The summed E-state index contributed by atoms with van der Waals surface area (Å²) in [4.78, 5) is 11.1. The van der Waals surface area contributed by atoms with Crippen molar-refractivity contribution in [2.24, 2.45) is 5.41 Å². The predicted molar refractivity (Wildman–Crippen MR) is 88.6 cm³/mol. The molecule has 0 aliphatic heterocycles. The van der Waals surface area contributed by atoms with Crippen LogP contribution in [0.4, 0.5) is 5.82 Å². The smallest absolute Gasteiger partial charge is 0.254 e. The number of fused-ring (bicyclic) bond motifs is 1. The highest BCUT2D eigenvalue weighted by atomic mass is 16.5. The number of rotatable bonds is 4. The normalized spacial score (nSPS) is 25.9. The van der Waals surface area contributed by atoms with Crippen LogP contribution in [0.15, 0.2) is 12.4 Å². The topological polar surface area (TPSA) is 55.5 Å². The van der Waals surface area contributed by atoms with Gasteiger partial charge in [-0.1, -0.05) is 12.8 Å². The molecule has 124 valence electrons. The molecule has 2 atom stereocenters. The van der Waals surface area contributed by atoms with Gasteiger partial charge in [0.25, 0.3) is 5.78 Å². The molecule has 2 aliphatic rings. The summed E-state index contributed by atoms with van der Waals surface area (Å²) >= 11 is 0. The highest BCUT2D eigenvalue weighted by Gasteiger charge is 2.58. The van der Waals surface area contributed by atoms with Crippen molar-refractivity contribution in [3.05, 3.63) is 18.1 Å². The Morgan fingerprint density at radius 3 is 2.91 bits per heavy atom. The van der Waals surface area contributed by atoms with Gasteiger partial charge in [-0.05, 0) is 33.1 Å². The van der Waals surface area contributed by atoms with E-state index >= 15 is 0 Å². The van der Waals surface area contributed by atoms with Crippen molar-refractivity contribution in [3.63, 3.8) is 0 Å². The first kappa shape index (κ1) is 14.9. The Balaban J connectivity index is 1.68. The fourth-order valence-corrected chi connectivity index (χ4v) is 4.72. The molecule has 2 heterocycles. The minimum atomic E-state index is 0.314. The van der Waals surface area contributed by atoms with Gasteiger partial charge < -0.3 is 9.64 Å². The average Bonchev–Trinajstić information content (AvgIpc) is 3.19. The maximum Gasteiger partial charge on any atom is 0.254 e. The molecule has 6 heteroatoms. The number of anilines is 1. The number of aryl methyl sites for hydroxylation is 1. The van der Waals surface area contributed by atoms with Crippen molar-refractivity contribution in [1.82, 2.24) is 19.6 Å². The van der Waals surface area contributed by atoms with Gasteiger partial charge in [-0.3, -0.25) is 0 Å². The van der Waals surface area contributed by atoms with E-state index < -0.39 is 0 Å². The zero-order chi connectivity index (χ0) is 16.0. The number of hydrogen-bond acceptors (Lipinski definition) is 5. The van der Waals surface area contributed by atoms with E-state index in [1.807, 2.05) is 11.4 Å². The summed E-state index contributed by atoms with van der Waals surface area (Å²) in [5.41, 5.74) is 1.29. The standard InChI is InChI=1S/C17H25N5O/c1-4-23-14-10-13(17(14)7-5-6-8-17)21(3)15-9-12(2)20-16-18-11-19-22(15)16/h9,11,13-14H,4-8,10H2,1-3H3.